The zero-order valence-corrected chi connectivity index (χ0v) is 19.0. The second-order valence-electron chi connectivity index (χ2n) is 8.13. The van der Waals surface area contributed by atoms with Gasteiger partial charge in [0.05, 0.1) is 37.3 Å². The topological polar surface area (TPSA) is 153 Å². The number of hydrogen-bond acceptors (Lipinski definition) is 7. The van der Waals surface area contributed by atoms with Crippen molar-refractivity contribution in [3.8, 4) is 0 Å². The van der Waals surface area contributed by atoms with E-state index in [0.29, 0.717) is 37.3 Å². The lowest BCUT2D eigenvalue weighted by Crippen LogP contribution is -2.43. The van der Waals surface area contributed by atoms with Crippen LogP contribution >= 0.6 is 0 Å². The molecule has 12 nitrogen and oxygen atoms in total. The van der Waals surface area contributed by atoms with Crippen LogP contribution in [0.25, 0.3) is 0 Å². The molecule has 4 amide bonds. The summed E-state index contributed by atoms with van der Waals surface area (Å²) in [6.45, 7) is 4.66. The summed E-state index contributed by atoms with van der Waals surface area (Å²) in [7, 11) is 0. The fraction of sp³-hybridized carbons (Fsp3) is 0.429. The average Bonchev–Trinajstić information content (AvgIpc) is 2.92. The van der Waals surface area contributed by atoms with Gasteiger partial charge in [-0.2, -0.15) is 4.99 Å². The minimum atomic E-state index is -0.927. The molecule has 0 aromatic heterocycles. The Morgan fingerprint density at radius 2 is 2.15 bits per heavy atom. The van der Waals surface area contributed by atoms with Crippen molar-refractivity contribution in [2.45, 2.75) is 19.4 Å². The Morgan fingerprint density at radius 1 is 1.38 bits per heavy atom. The van der Waals surface area contributed by atoms with E-state index in [1.54, 1.807) is 24.0 Å². The van der Waals surface area contributed by atoms with E-state index in [9.17, 15) is 14.4 Å². The van der Waals surface area contributed by atoms with E-state index in [1.165, 1.54) is 22.9 Å². The van der Waals surface area contributed by atoms with Crippen molar-refractivity contribution in [1.29, 1.82) is 0 Å². The van der Waals surface area contributed by atoms with Crippen LogP contribution < -0.4 is 26.3 Å². The minimum Gasteiger partial charge on any atom is -0.515 e. The van der Waals surface area contributed by atoms with E-state index >= 15 is 4.39 Å². The largest absolute Gasteiger partial charge is 0.515 e. The van der Waals surface area contributed by atoms with Crippen LogP contribution in [0, 0.1) is 5.82 Å². The first kappa shape index (κ1) is 24.8. The number of hydrogen-bond donors (Lipinski definition) is 4. The fourth-order valence-corrected chi connectivity index (χ4v) is 3.64. The predicted octanol–water partition coefficient (Wildman–Crippen LogP) is 0.853. The summed E-state index contributed by atoms with van der Waals surface area (Å²) in [5, 5.41) is 12.6. The van der Waals surface area contributed by atoms with Gasteiger partial charge in [-0.1, -0.05) is 0 Å². The van der Waals surface area contributed by atoms with E-state index in [1.807, 2.05) is 0 Å². The number of nitrogens with zero attached hydrogens (tertiary/aromatic N) is 4. The normalized spacial score (nSPS) is 21.6. The van der Waals surface area contributed by atoms with Crippen molar-refractivity contribution in [2.75, 3.05) is 49.1 Å². The minimum absolute atomic E-state index is 0.146. The van der Waals surface area contributed by atoms with Crippen molar-refractivity contribution in [1.82, 2.24) is 15.8 Å². The zero-order valence-electron chi connectivity index (χ0n) is 19.0. The first-order valence-corrected chi connectivity index (χ1v) is 10.6. The number of benzene rings is 1. The second-order valence-corrected chi connectivity index (χ2v) is 8.13. The van der Waals surface area contributed by atoms with Crippen molar-refractivity contribution in [3.63, 3.8) is 0 Å². The number of hydrazine groups is 1. The molecule has 0 aliphatic carbocycles. The van der Waals surface area contributed by atoms with Gasteiger partial charge in [0.25, 0.3) is 0 Å². The molecule has 0 unspecified atom stereocenters. The molecule has 0 spiro atoms. The molecule has 2 aliphatic heterocycles. The van der Waals surface area contributed by atoms with Crippen LogP contribution in [0.5, 0.6) is 0 Å². The lowest BCUT2D eigenvalue weighted by molar-refractivity contribution is -0.119. The average molecular weight is 477 g/mol. The summed E-state index contributed by atoms with van der Waals surface area (Å²) in [6.07, 6.45) is 1.14. The maximum atomic E-state index is 15.1. The van der Waals surface area contributed by atoms with Crippen molar-refractivity contribution < 1.29 is 28.6 Å². The molecule has 34 heavy (non-hydrogen) atoms. The third-order valence-corrected chi connectivity index (χ3v) is 5.32. The van der Waals surface area contributed by atoms with Gasteiger partial charge in [0.2, 0.25) is 5.91 Å². The van der Waals surface area contributed by atoms with Crippen LogP contribution in [0.3, 0.4) is 0 Å². The summed E-state index contributed by atoms with van der Waals surface area (Å²) in [5.41, 5.74) is 8.14. The lowest BCUT2D eigenvalue weighted by Gasteiger charge is -2.24. The zero-order chi connectivity index (χ0) is 24.9. The highest BCUT2D eigenvalue weighted by molar-refractivity contribution is 5.99. The van der Waals surface area contributed by atoms with Crippen molar-refractivity contribution in [2.24, 2.45) is 10.7 Å². The number of aliphatic hydroxyl groups excluding tert-OH is 1. The molecule has 3 rings (SSSR count). The van der Waals surface area contributed by atoms with Gasteiger partial charge < -0.3 is 25.8 Å². The number of urea groups is 1. The number of aliphatic hydroxyl groups is 1. The molecule has 13 heteroatoms. The molecule has 1 aromatic rings. The number of amidine groups is 1. The molecule has 2 heterocycles. The first-order valence-electron chi connectivity index (χ1n) is 10.6. The summed E-state index contributed by atoms with van der Waals surface area (Å²) >= 11 is 0. The molecular weight excluding hydrogens is 449 g/mol. The number of rotatable bonds is 5. The van der Waals surface area contributed by atoms with Gasteiger partial charge in [0.15, 0.2) is 0 Å². The summed E-state index contributed by atoms with van der Waals surface area (Å²) in [4.78, 5) is 42.5. The number of halogens is 1. The highest BCUT2D eigenvalue weighted by Crippen LogP contribution is 2.31. The monoisotopic (exact) mass is 477 g/mol. The van der Waals surface area contributed by atoms with Gasteiger partial charge in [0, 0.05) is 32.6 Å². The number of aliphatic imine (C=N–C) groups is 1. The molecule has 184 valence electrons. The highest BCUT2D eigenvalue weighted by Gasteiger charge is 2.42. The molecule has 0 saturated carbocycles. The number of anilines is 2. The van der Waals surface area contributed by atoms with Crippen LogP contribution in [0.2, 0.25) is 0 Å². The number of nitrogens with two attached hydrogens (primary N) is 1. The fourth-order valence-electron chi connectivity index (χ4n) is 3.64. The quantitative estimate of drug-likeness (QED) is 0.277. The van der Waals surface area contributed by atoms with Gasteiger partial charge in [-0.05, 0) is 25.1 Å². The summed E-state index contributed by atoms with van der Waals surface area (Å²) in [6, 6.07) is 3.81. The van der Waals surface area contributed by atoms with Crippen LogP contribution in [-0.4, -0.2) is 78.9 Å². The summed E-state index contributed by atoms with van der Waals surface area (Å²) in [5.74, 6) is -0.919. The highest BCUT2D eigenvalue weighted by atomic mass is 19.1. The number of amides is 4. The van der Waals surface area contributed by atoms with Crippen LogP contribution in [-0.2, 0) is 9.53 Å². The molecule has 2 aliphatic rings. The molecule has 0 bridgehead atoms. The number of carbonyl (C=O) groups is 3. The molecular formula is C21H28FN7O5. The van der Waals surface area contributed by atoms with Crippen molar-refractivity contribution >= 4 is 35.2 Å². The smallest absolute Gasteiger partial charge is 0.415 e. The van der Waals surface area contributed by atoms with Gasteiger partial charge in [-0.3, -0.25) is 14.7 Å². The number of cyclic esters (lactones) is 1. The predicted molar refractivity (Wildman–Crippen MR) is 123 cm³/mol. The Balaban J connectivity index is 1.67. The van der Waals surface area contributed by atoms with Gasteiger partial charge >= 0.3 is 12.1 Å². The lowest BCUT2D eigenvalue weighted by atomic mass is 10.1. The maximum Gasteiger partial charge on any atom is 0.415 e. The maximum absolute atomic E-state index is 15.1. The SMILES string of the molecule is CC(=O)NC[C@@]1(C)CN(c2ccc(N3CCNN(C(=O)N=C(N)/C=C\O)CC3)c(F)c2)C(=O)O1. The Bertz CT molecular complexity index is 1020. The number of carbonyl (C=O) groups excluding carboxylic acids is 3. The van der Waals surface area contributed by atoms with E-state index < -0.39 is 23.5 Å². The van der Waals surface area contributed by atoms with Gasteiger partial charge in [-0.15, -0.1) is 0 Å². The second kappa shape index (κ2) is 10.4. The molecule has 5 N–H and O–H groups in total. The number of ether oxygens (including phenoxy) is 1. The third kappa shape index (κ3) is 5.92. The number of nitrogens with one attached hydrogen (secondary N) is 2. The Hall–Kier alpha value is -3.87. The molecule has 1 atom stereocenters. The van der Waals surface area contributed by atoms with E-state index in [0.717, 1.165) is 6.08 Å². The Labute approximate surface area is 195 Å². The molecule has 2 saturated heterocycles. The molecule has 2 fully saturated rings. The molecule has 1 aromatic carbocycles. The standard InChI is InChI=1S/C21H28FN7O5/c1-14(31)24-12-21(2)13-28(20(33)34-21)15-3-4-17(16(22)11-15)27-7-6-25-29(9-8-27)19(32)26-18(23)5-10-30/h3-5,10-11,25,30H,6-9,12-13H2,1-2H3,(H,24,31)(H2,23,26,32)/b10-5-/t21-/m0/s1. The summed E-state index contributed by atoms with van der Waals surface area (Å²) < 4.78 is 20.5. The van der Waals surface area contributed by atoms with E-state index in [2.05, 4.69) is 15.7 Å². The van der Waals surface area contributed by atoms with Crippen LogP contribution in [0.4, 0.5) is 25.4 Å². The van der Waals surface area contributed by atoms with Crippen LogP contribution in [0.1, 0.15) is 13.8 Å². The van der Waals surface area contributed by atoms with Gasteiger partial charge in [-0.25, -0.2) is 19.4 Å². The molecule has 0 radical (unpaired) electrons. The van der Waals surface area contributed by atoms with Crippen molar-refractivity contribution in [3.05, 3.63) is 36.4 Å². The Kier molecular flexibility index (Phi) is 7.56. The first-order chi connectivity index (χ1) is 16.1. The van der Waals surface area contributed by atoms with Gasteiger partial charge in [0.1, 0.15) is 17.3 Å². The Morgan fingerprint density at radius 3 is 2.82 bits per heavy atom. The van der Waals surface area contributed by atoms with E-state index in [4.69, 9.17) is 15.6 Å². The van der Waals surface area contributed by atoms with E-state index in [-0.39, 0.29) is 31.4 Å². The third-order valence-electron chi connectivity index (χ3n) is 5.32. The van der Waals surface area contributed by atoms with Crippen LogP contribution in [0.15, 0.2) is 35.5 Å².